The number of likely N-dealkylation sites (N-methyl/N-ethyl adjacent to an activating group) is 1. The fourth-order valence-corrected chi connectivity index (χ4v) is 6.15. The standard InChI is InChI=1S/C32H27F2N5O2/c1-19-32(24-10-6-7-11-26(24)36-19)16-22(17-35)39(18-32)31(41)29(12-20-8-4-3-5-9-20)38(2)30(40)28-15-23-25(34)13-21(33)14-27(23)37-28/h3-11,13-15,22,29,36-37H,1,12,16,18H2,2H3/t22-,29-,32+/m0/s1. The van der Waals surface area contributed by atoms with E-state index in [1.54, 1.807) is 4.90 Å². The van der Waals surface area contributed by atoms with Gasteiger partial charge in [0.25, 0.3) is 5.91 Å². The van der Waals surface area contributed by atoms with Gasteiger partial charge >= 0.3 is 0 Å². The smallest absolute Gasteiger partial charge is 0.270 e. The molecule has 3 atom stereocenters. The molecule has 41 heavy (non-hydrogen) atoms. The largest absolute Gasteiger partial charge is 0.358 e. The van der Waals surface area contributed by atoms with E-state index in [9.17, 15) is 23.6 Å². The highest BCUT2D eigenvalue weighted by Gasteiger charge is 2.53. The molecular weight excluding hydrogens is 524 g/mol. The minimum Gasteiger partial charge on any atom is -0.358 e. The first-order valence-electron chi connectivity index (χ1n) is 13.3. The first-order chi connectivity index (χ1) is 19.7. The van der Waals surface area contributed by atoms with E-state index in [1.807, 2.05) is 54.6 Å². The number of fused-ring (bicyclic) bond motifs is 3. The predicted molar refractivity (Wildman–Crippen MR) is 151 cm³/mol. The van der Waals surface area contributed by atoms with Gasteiger partial charge in [0.15, 0.2) is 0 Å². The number of amides is 2. The van der Waals surface area contributed by atoms with Crippen molar-refractivity contribution in [1.82, 2.24) is 14.8 Å². The molecule has 1 spiro atoms. The van der Waals surface area contributed by atoms with E-state index in [-0.39, 0.29) is 35.5 Å². The van der Waals surface area contributed by atoms with Crippen LogP contribution in [0.4, 0.5) is 14.5 Å². The lowest BCUT2D eigenvalue weighted by atomic mass is 9.78. The van der Waals surface area contributed by atoms with Crippen molar-refractivity contribution in [3.8, 4) is 6.07 Å². The van der Waals surface area contributed by atoms with Crippen molar-refractivity contribution in [2.75, 3.05) is 18.9 Å². The monoisotopic (exact) mass is 551 g/mol. The van der Waals surface area contributed by atoms with Crippen molar-refractivity contribution in [3.05, 3.63) is 114 Å². The Morgan fingerprint density at radius 3 is 2.63 bits per heavy atom. The molecule has 4 aromatic rings. The molecule has 6 rings (SSSR count). The molecule has 1 aromatic heterocycles. The van der Waals surface area contributed by atoms with Gasteiger partial charge in [-0.05, 0) is 35.7 Å². The summed E-state index contributed by atoms with van der Waals surface area (Å²) in [4.78, 5) is 33.7. The van der Waals surface area contributed by atoms with Gasteiger partial charge in [0.2, 0.25) is 5.91 Å². The van der Waals surface area contributed by atoms with E-state index in [2.05, 4.69) is 22.9 Å². The highest BCUT2D eigenvalue weighted by Crippen LogP contribution is 2.50. The fraction of sp³-hybridized carbons (Fsp3) is 0.219. The number of nitriles is 1. The average molecular weight is 552 g/mol. The van der Waals surface area contributed by atoms with Gasteiger partial charge in [-0.3, -0.25) is 9.59 Å². The van der Waals surface area contributed by atoms with Crippen LogP contribution in [0, 0.1) is 23.0 Å². The summed E-state index contributed by atoms with van der Waals surface area (Å²) < 4.78 is 28.2. The van der Waals surface area contributed by atoms with Gasteiger partial charge in [0.05, 0.1) is 17.0 Å². The molecule has 0 radical (unpaired) electrons. The Hall–Kier alpha value is -4.97. The van der Waals surface area contributed by atoms with Gasteiger partial charge in [0.1, 0.15) is 29.4 Å². The van der Waals surface area contributed by atoms with Gasteiger partial charge in [-0.25, -0.2) is 8.78 Å². The van der Waals surface area contributed by atoms with Crippen molar-refractivity contribution < 1.29 is 18.4 Å². The molecular formula is C32H27F2N5O2. The number of aromatic nitrogens is 1. The first-order valence-corrected chi connectivity index (χ1v) is 13.3. The van der Waals surface area contributed by atoms with E-state index in [1.165, 1.54) is 18.0 Å². The van der Waals surface area contributed by atoms with E-state index in [0.29, 0.717) is 6.42 Å². The van der Waals surface area contributed by atoms with E-state index < -0.39 is 35.0 Å². The third-order valence-electron chi connectivity index (χ3n) is 8.32. The number of anilines is 1. The van der Waals surface area contributed by atoms with Crippen LogP contribution >= 0.6 is 0 Å². The maximum Gasteiger partial charge on any atom is 0.270 e. The number of hydrogen-bond donors (Lipinski definition) is 2. The molecule has 2 N–H and O–H groups in total. The lowest BCUT2D eigenvalue weighted by Crippen LogP contribution is -2.52. The second-order valence-corrected chi connectivity index (χ2v) is 10.7. The molecule has 7 nitrogen and oxygen atoms in total. The highest BCUT2D eigenvalue weighted by atomic mass is 19.1. The van der Waals surface area contributed by atoms with Crippen molar-refractivity contribution in [3.63, 3.8) is 0 Å². The summed E-state index contributed by atoms with van der Waals surface area (Å²) in [6.45, 7) is 4.47. The van der Waals surface area contributed by atoms with Crippen LogP contribution in [0.3, 0.4) is 0 Å². The molecule has 0 unspecified atom stereocenters. The quantitative estimate of drug-likeness (QED) is 0.360. The predicted octanol–water partition coefficient (Wildman–Crippen LogP) is 5.13. The summed E-state index contributed by atoms with van der Waals surface area (Å²) in [6, 6.07) is 20.8. The molecule has 3 heterocycles. The minimum absolute atomic E-state index is 0.0230. The van der Waals surface area contributed by atoms with Gasteiger partial charge < -0.3 is 20.1 Å². The van der Waals surface area contributed by atoms with Gasteiger partial charge in [-0.1, -0.05) is 55.1 Å². The average Bonchev–Trinajstić information content (AvgIpc) is 3.65. The van der Waals surface area contributed by atoms with Crippen molar-refractivity contribution in [2.24, 2.45) is 0 Å². The molecule has 0 saturated carbocycles. The van der Waals surface area contributed by atoms with Crippen LogP contribution in [0.2, 0.25) is 0 Å². The van der Waals surface area contributed by atoms with Crippen LogP contribution in [-0.4, -0.2) is 52.3 Å². The summed E-state index contributed by atoms with van der Waals surface area (Å²) in [5.41, 5.74) is 2.97. The normalized spacial score (nSPS) is 20.1. The summed E-state index contributed by atoms with van der Waals surface area (Å²) in [7, 11) is 1.51. The number of likely N-dealkylation sites (tertiary alicyclic amines) is 1. The maximum absolute atomic E-state index is 14.4. The van der Waals surface area contributed by atoms with Crippen LogP contribution in [0.25, 0.3) is 10.9 Å². The van der Waals surface area contributed by atoms with Gasteiger partial charge in [-0.2, -0.15) is 5.26 Å². The van der Waals surface area contributed by atoms with Gasteiger partial charge in [-0.15, -0.1) is 0 Å². The molecule has 1 fully saturated rings. The Bertz CT molecular complexity index is 1740. The Morgan fingerprint density at radius 1 is 1.15 bits per heavy atom. The molecule has 9 heteroatoms. The number of aromatic amines is 1. The van der Waals surface area contributed by atoms with Crippen LogP contribution in [0.1, 0.15) is 28.0 Å². The summed E-state index contributed by atoms with van der Waals surface area (Å²) >= 11 is 0. The number of halogens is 2. The van der Waals surface area contributed by atoms with Crippen LogP contribution < -0.4 is 5.32 Å². The zero-order chi connectivity index (χ0) is 28.9. The number of nitrogens with one attached hydrogen (secondary N) is 2. The number of carbonyl (C=O) groups excluding carboxylic acids is 2. The number of nitrogens with zero attached hydrogens (tertiary/aromatic N) is 3. The molecule has 2 amide bonds. The molecule has 2 aliphatic rings. The summed E-state index contributed by atoms with van der Waals surface area (Å²) in [5, 5.41) is 13.5. The molecule has 1 saturated heterocycles. The molecule has 3 aromatic carbocycles. The third kappa shape index (κ3) is 4.32. The molecule has 2 aliphatic heterocycles. The van der Waals surface area contributed by atoms with Crippen LogP contribution in [0.5, 0.6) is 0 Å². The van der Waals surface area contributed by atoms with E-state index in [4.69, 9.17) is 0 Å². The third-order valence-corrected chi connectivity index (χ3v) is 8.32. The number of hydrogen-bond acceptors (Lipinski definition) is 4. The second-order valence-electron chi connectivity index (χ2n) is 10.7. The first kappa shape index (κ1) is 26.3. The Morgan fingerprint density at radius 2 is 1.88 bits per heavy atom. The summed E-state index contributed by atoms with van der Waals surface area (Å²) in [5.74, 6) is -2.50. The zero-order valence-corrected chi connectivity index (χ0v) is 22.3. The molecule has 0 aliphatic carbocycles. The number of H-pyrrole nitrogens is 1. The maximum atomic E-state index is 14.4. The second kappa shape index (κ2) is 9.89. The molecule has 0 bridgehead atoms. The van der Waals surface area contributed by atoms with Gasteiger partial charge in [0, 0.05) is 42.9 Å². The topological polar surface area (TPSA) is 92.2 Å². The van der Waals surface area contributed by atoms with E-state index in [0.717, 1.165) is 34.6 Å². The SMILES string of the molecule is C=C1Nc2ccccc2[C@@]12C[C@@H](C#N)N(C(=O)[C@H](Cc1ccccc1)N(C)C(=O)c1cc3c(F)cc(F)cc3[nH]1)C2. The Kier molecular flexibility index (Phi) is 6.34. The Balaban J connectivity index is 1.36. The van der Waals surface area contributed by atoms with E-state index >= 15 is 0 Å². The lowest BCUT2D eigenvalue weighted by molar-refractivity contribution is -0.135. The molecule has 206 valence electrons. The van der Waals surface area contributed by atoms with Crippen molar-refractivity contribution in [2.45, 2.75) is 30.3 Å². The highest BCUT2D eigenvalue weighted by molar-refractivity contribution is 6.00. The Labute approximate surface area is 235 Å². The lowest BCUT2D eigenvalue weighted by Gasteiger charge is -2.32. The van der Waals surface area contributed by atoms with Crippen LogP contribution in [0.15, 0.2) is 85.1 Å². The fourth-order valence-electron chi connectivity index (χ4n) is 6.15. The number of rotatable bonds is 5. The van der Waals surface area contributed by atoms with Crippen molar-refractivity contribution >= 4 is 28.4 Å². The minimum atomic E-state index is -0.971. The van der Waals surface area contributed by atoms with Crippen molar-refractivity contribution in [1.29, 1.82) is 5.26 Å². The zero-order valence-electron chi connectivity index (χ0n) is 22.3. The number of para-hydroxylation sites is 1. The number of benzene rings is 3. The number of carbonyl (C=O) groups is 2. The van der Waals surface area contributed by atoms with Crippen LogP contribution in [-0.2, 0) is 16.6 Å². The summed E-state index contributed by atoms with van der Waals surface area (Å²) in [6.07, 6.45) is 0.573.